The van der Waals surface area contributed by atoms with Gasteiger partial charge in [0.05, 0.1) is 12.7 Å². The molecule has 2 aliphatic rings. The average molecular weight is 291 g/mol. The Labute approximate surface area is 116 Å². The predicted molar refractivity (Wildman–Crippen MR) is 73.9 cm³/mol. The highest BCUT2D eigenvalue weighted by Crippen LogP contribution is 2.22. The first kappa shape index (κ1) is 15.2. The van der Waals surface area contributed by atoms with Crippen LogP contribution in [-0.2, 0) is 14.9 Å². The summed E-state index contributed by atoms with van der Waals surface area (Å²) in [7, 11) is -3.34. The molecule has 2 heterocycles. The number of morpholine rings is 1. The van der Waals surface area contributed by atoms with Gasteiger partial charge in [0.25, 0.3) is 10.2 Å². The van der Waals surface area contributed by atoms with E-state index in [9.17, 15) is 8.42 Å². The SMILES string of the molecule is CCC1CN(S(=O)(=O)N2CCCC(CN)C2)CCO1. The van der Waals surface area contributed by atoms with Gasteiger partial charge in [-0.2, -0.15) is 17.0 Å². The summed E-state index contributed by atoms with van der Waals surface area (Å²) in [6.07, 6.45) is 2.81. The molecule has 7 heteroatoms. The standard InChI is InChI=1S/C12H25N3O3S/c1-2-12-10-15(6-7-18-12)19(16,17)14-5-3-4-11(8-13)9-14/h11-12H,2-10,13H2,1H3. The Balaban J connectivity index is 2.04. The van der Waals surface area contributed by atoms with E-state index in [1.807, 2.05) is 6.92 Å². The van der Waals surface area contributed by atoms with E-state index in [2.05, 4.69) is 0 Å². The Kier molecular flexibility index (Phi) is 5.19. The van der Waals surface area contributed by atoms with Crippen LogP contribution in [0.1, 0.15) is 26.2 Å². The molecule has 0 aromatic heterocycles. The smallest absolute Gasteiger partial charge is 0.282 e. The van der Waals surface area contributed by atoms with E-state index >= 15 is 0 Å². The van der Waals surface area contributed by atoms with Crippen LogP contribution < -0.4 is 5.73 Å². The van der Waals surface area contributed by atoms with Gasteiger partial charge >= 0.3 is 0 Å². The Morgan fingerprint density at radius 2 is 2.00 bits per heavy atom. The van der Waals surface area contributed by atoms with Gasteiger partial charge in [-0.15, -0.1) is 0 Å². The van der Waals surface area contributed by atoms with Gasteiger partial charge in [-0.3, -0.25) is 0 Å². The Morgan fingerprint density at radius 1 is 1.26 bits per heavy atom. The monoisotopic (exact) mass is 291 g/mol. The van der Waals surface area contributed by atoms with Crippen molar-refractivity contribution >= 4 is 10.2 Å². The lowest BCUT2D eigenvalue weighted by Gasteiger charge is -2.38. The minimum absolute atomic E-state index is 0.0265. The molecule has 0 bridgehead atoms. The highest BCUT2D eigenvalue weighted by Gasteiger charge is 2.35. The van der Waals surface area contributed by atoms with Gasteiger partial charge in [-0.05, 0) is 31.7 Å². The second kappa shape index (κ2) is 6.49. The van der Waals surface area contributed by atoms with Gasteiger partial charge < -0.3 is 10.5 Å². The summed E-state index contributed by atoms with van der Waals surface area (Å²) in [4.78, 5) is 0. The summed E-state index contributed by atoms with van der Waals surface area (Å²) in [6, 6.07) is 0. The van der Waals surface area contributed by atoms with Crippen LogP contribution in [0.5, 0.6) is 0 Å². The summed E-state index contributed by atoms with van der Waals surface area (Å²) >= 11 is 0. The quantitative estimate of drug-likeness (QED) is 0.792. The molecule has 2 unspecified atom stereocenters. The van der Waals surface area contributed by atoms with Gasteiger partial charge in [-0.1, -0.05) is 6.92 Å². The molecule has 2 atom stereocenters. The maximum absolute atomic E-state index is 12.6. The van der Waals surface area contributed by atoms with Gasteiger partial charge in [0.2, 0.25) is 0 Å². The fourth-order valence-electron chi connectivity index (χ4n) is 2.74. The lowest BCUT2D eigenvalue weighted by atomic mass is 10.0. The maximum atomic E-state index is 12.6. The van der Waals surface area contributed by atoms with E-state index in [1.54, 1.807) is 8.61 Å². The molecule has 0 aromatic rings. The van der Waals surface area contributed by atoms with Crippen LogP contribution in [0.2, 0.25) is 0 Å². The molecular formula is C12H25N3O3S. The van der Waals surface area contributed by atoms with Crippen molar-refractivity contribution in [1.82, 2.24) is 8.61 Å². The molecule has 2 aliphatic heterocycles. The van der Waals surface area contributed by atoms with Gasteiger partial charge in [-0.25, -0.2) is 0 Å². The van der Waals surface area contributed by atoms with Crippen LogP contribution in [0.4, 0.5) is 0 Å². The molecule has 0 amide bonds. The number of hydrogen-bond donors (Lipinski definition) is 1. The molecule has 0 aromatic carbocycles. The number of piperidine rings is 1. The summed E-state index contributed by atoms with van der Waals surface area (Å²) in [5.41, 5.74) is 5.68. The van der Waals surface area contributed by atoms with E-state index < -0.39 is 10.2 Å². The normalized spacial score (nSPS) is 31.5. The first-order chi connectivity index (χ1) is 9.07. The highest BCUT2D eigenvalue weighted by molar-refractivity contribution is 7.86. The third kappa shape index (κ3) is 3.46. The van der Waals surface area contributed by atoms with Crippen molar-refractivity contribution in [2.75, 3.05) is 39.3 Å². The largest absolute Gasteiger partial charge is 0.375 e. The topological polar surface area (TPSA) is 75.9 Å². The lowest BCUT2D eigenvalue weighted by molar-refractivity contribution is -0.00489. The van der Waals surface area contributed by atoms with Crippen LogP contribution in [0.15, 0.2) is 0 Å². The molecule has 19 heavy (non-hydrogen) atoms. The molecule has 2 saturated heterocycles. The zero-order valence-electron chi connectivity index (χ0n) is 11.6. The van der Waals surface area contributed by atoms with E-state index in [4.69, 9.17) is 10.5 Å². The average Bonchev–Trinajstić information content (AvgIpc) is 2.47. The molecule has 0 saturated carbocycles. The molecule has 6 nitrogen and oxygen atoms in total. The molecular weight excluding hydrogens is 266 g/mol. The number of hydrogen-bond acceptors (Lipinski definition) is 4. The molecule has 2 N–H and O–H groups in total. The Hall–Kier alpha value is -0.210. The summed E-state index contributed by atoms with van der Waals surface area (Å²) in [5.74, 6) is 0.298. The fourth-order valence-corrected chi connectivity index (χ4v) is 4.49. The van der Waals surface area contributed by atoms with Gasteiger partial charge in [0, 0.05) is 26.2 Å². The lowest BCUT2D eigenvalue weighted by Crippen LogP contribution is -2.53. The molecule has 112 valence electrons. The molecule has 0 aliphatic carbocycles. The number of rotatable bonds is 4. The van der Waals surface area contributed by atoms with Crippen LogP contribution in [0, 0.1) is 5.92 Å². The maximum Gasteiger partial charge on any atom is 0.282 e. The fraction of sp³-hybridized carbons (Fsp3) is 1.00. The Morgan fingerprint density at radius 3 is 2.68 bits per heavy atom. The van der Waals surface area contributed by atoms with Crippen LogP contribution in [0.3, 0.4) is 0 Å². The van der Waals surface area contributed by atoms with Crippen molar-refractivity contribution < 1.29 is 13.2 Å². The molecule has 2 rings (SSSR count). The third-order valence-electron chi connectivity index (χ3n) is 4.02. The van der Waals surface area contributed by atoms with Crippen molar-refractivity contribution in [3.63, 3.8) is 0 Å². The second-order valence-corrected chi connectivity index (χ2v) is 7.30. The van der Waals surface area contributed by atoms with Crippen molar-refractivity contribution in [2.45, 2.75) is 32.3 Å². The van der Waals surface area contributed by atoms with Gasteiger partial charge in [0.1, 0.15) is 0 Å². The summed E-state index contributed by atoms with van der Waals surface area (Å²) in [5, 5.41) is 0. The van der Waals surface area contributed by atoms with E-state index in [0.717, 1.165) is 19.3 Å². The summed E-state index contributed by atoms with van der Waals surface area (Å²) in [6.45, 7) is 5.19. The van der Waals surface area contributed by atoms with Crippen LogP contribution in [-0.4, -0.2) is 62.5 Å². The van der Waals surface area contributed by atoms with E-state index in [-0.39, 0.29) is 6.10 Å². The van der Waals surface area contributed by atoms with Crippen molar-refractivity contribution in [1.29, 1.82) is 0 Å². The predicted octanol–water partition coefficient (Wildman–Crippen LogP) is 0.0127. The molecule has 2 fully saturated rings. The summed E-state index contributed by atoms with van der Waals surface area (Å²) < 4.78 is 34.0. The van der Waals surface area contributed by atoms with Crippen LogP contribution >= 0.6 is 0 Å². The first-order valence-electron chi connectivity index (χ1n) is 7.14. The third-order valence-corrected chi connectivity index (χ3v) is 5.99. The van der Waals surface area contributed by atoms with Crippen molar-refractivity contribution in [3.05, 3.63) is 0 Å². The number of nitrogens with zero attached hydrogens (tertiary/aromatic N) is 2. The van der Waals surface area contributed by atoms with Crippen molar-refractivity contribution in [2.24, 2.45) is 11.7 Å². The molecule has 0 spiro atoms. The van der Waals surface area contributed by atoms with Crippen molar-refractivity contribution in [3.8, 4) is 0 Å². The highest BCUT2D eigenvalue weighted by atomic mass is 32.2. The minimum Gasteiger partial charge on any atom is -0.375 e. The number of ether oxygens (including phenoxy) is 1. The number of nitrogens with two attached hydrogens (primary N) is 1. The first-order valence-corrected chi connectivity index (χ1v) is 8.54. The zero-order valence-corrected chi connectivity index (χ0v) is 12.4. The van der Waals surface area contributed by atoms with E-state index in [0.29, 0.717) is 45.2 Å². The second-order valence-electron chi connectivity index (χ2n) is 5.37. The van der Waals surface area contributed by atoms with Crippen LogP contribution in [0.25, 0.3) is 0 Å². The Bertz CT molecular complexity index is 358. The minimum atomic E-state index is -3.34. The molecule has 0 radical (unpaired) electrons. The van der Waals surface area contributed by atoms with E-state index in [1.165, 1.54) is 0 Å². The van der Waals surface area contributed by atoms with Gasteiger partial charge in [0.15, 0.2) is 0 Å². The zero-order chi connectivity index (χ0) is 13.9.